The van der Waals surface area contributed by atoms with Crippen LogP contribution in [0.15, 0.2) is 73.1 Å². The van der Waals surface area contributed by atoms with Crippen molar-refractivity contribution in [3.63, 3.8) is 0 Å². The molecule has 0 bridgehead atoms. The largest absolute Gasteiger partial charge is 0.478 e. The van der Waals surface area contributed by atoms with Crippen LogP contribution in [0.2, 0.25) is 0 Å². The number of carboxylic acids is 1. The normalized spacial score (nSPS) is 14.0. The predicted octanol–water partition coefficient (Wildman–Crippen LogP) is 5.64. The maximum absolute atomic E-state index is 11.8. The molecule has 0 spiro atoms. The lowest BCUT2D eigenvalue weighted by Crippen LogP contribution is -2.13. The van der Waals surface area contributed by atoms with E-state index in [1.165, 1.54) is 17.5 Å². The summed E-state index contributed by atoms with van der Waals surface area (Å²) >= 11 is 0. The summed E-state index contributed by atoms with van der Waals surface area (Å²) in [4.78, 5) is 16.4. The lowest BCUT2D eigenvalue weighted by Gasteiger charge is -2.26. The second kappa shape index (κ2) is 7.79. The van der Waals surface area contributed by atoms with E-state index in [1.54, 1.807) is 0 Å². The molecule has 0 saturated heterocycles. The van der Waals surface area contributed by atoms with Crippen LogP contribution in [-0.2, 0) is 13.0 Å². The summed E-state index contributed by atoms with van der Waals surface area (Å²) in [6.07, 6.45) is 7.99. The first kappa shape index (κ1) is 18.6. The van der Waals surface area contributed by atoms with E-state index in [-0.39, 0.29) is 0 Å². The highest BCUT2D eigenvalue weighted by Gasteiger charge is 2.22. The van der Waals surface area contributed by atoms with Gasteiger partial charge in [-0.15, -0.1) is 0 Å². The minimum Gasteiger partial charge on any atom is -0.478 e. The number of carboxylic acid groups (broad SMARTS) is 1. The number of nitrogens with zero attached hydrogens (tertiary/aromatic N) is 2. The Bertz CT molecular complexity index is 1210. The third-order valence-electron chi connectivity index (χ3n) is 6.20. The summed E-state index contributed by atoms with van der Waals surface area (Å²) in [5.41, 5.74) is 5.55. The van der Waals surface area contributed by atoms with Gasteiger partial charge in [0.2, 0.25) is 0 Å². The van der Waals surface area contributed by atoms with Gasteiger partial charge in [0.1, 0.15) is 0 Å². The molecule has 0 aliphatic heterocycles. The van der Waals surface area contributed by atoms with E-state index in [0.717, 1.165) is 35.9 Å². The molecule has 1 aliphatic rings. The Morgan fingerprint density at radius 1 is 1.03 bits per heavy atom. The Labute approximate surface area is 175 Å². The van der Waals surface area contributed by atoms with Crippen molar-refractivity contribution >= 4 is 16.9 Å². The molecule has 1 aliphatic carbocycles. The number of pyridine rings is 1. The second-order valence-corrected chi connectivity index (χ2v) is 8.20. The molecule has 150 valence electrons. The molecule has 4 heteroatoms. The molecule has 4 aromatic rings. The Morgan fingerprint density at radius 3 is 2.60 bits per heavy atom. The molecular weight excluding hydrogens is 372 g/mol. The molecule has 0 amide bonds. The Hall–Kier alpha value is -3.40. The van der Waals surface area contributed by atoms with Gasteiger partial charge in [0.15, 0.2) is 0 Å². The van der Waals surface area contributed by atoms with E-state index in [9.17, 15) is 9.90 Å². The number of benzene rings is 2. The van der Waals surface area contributed by atoms with Crippen molar-refractivity contribution in [1.29, 1.82) is 0 Å². The summed E-state index contributed by atoms with van der Waals surface area (Å²) in [5, 5.41) is 10.9. The standard InChI is InChI=1S/C26H24N2O2/c29-26(30)23-15-22(20-7-4-8-20)16-27-24(23)14-19-9-10-25-21(13-19)11-12-28(25)17-18-5-2-1-3-6-18/h1-3,5-6,9-13,15-16,20H,4,7-8,14,17H2,(H,29,30). The van der Waals surface area contributed by atoms with Crippen LogP contribution in [-0.4, -0.2) is 20.6 Å². The fraction of sp³-hybridized carbons (Fsp3) is 0.231. The molecule has 5 rings (SSSR count). The van der Waals surface area contributed by atoms with E-state index in [2.05, 4.69) is 64.3 Å². The first-order valence-corrected chi connectivity index (χ1v) is 10.5. The lowest BCUT2D eigenvalue weighted by atomic mass is 9.80. The van der Waals surface area contributed by atoms with E-state index in [1.807, 2.05) is 18.3 Å². The molecule has 0 radical (unpaired) electrons. The zero-order chi connectivity index (χ0) is 20.5. The minimum absolute atomic E-state index is 0.334. The second-order valence-electron chi connectivity index (χ2n) is 8.20. The molecule has 1 saturated carbocycles. The summed E-state index contributed by atoms with van der Waals surface area (Å²) in [5.74, 6) is -0.417. The fourth-order valence-electron chi connectivity index (χ4n) is 4.27. The highest BCUT2D eigenvalue weighted by Crippen LogP contribution is 2.36. The van der Waals surface area contributed by atoms with Crippen molar-refractivity contribution in [3.05, 3.63) is 101 Å². The van der Waals surface area contributed by atoms with E-state index < -0.39 is 5.97 Å². The van der Waals surface area contributed by atoms with Crippen LogP contribution in [0.3, 0.4) is 0 Å². The van der Waals surface area contributed by atoms with Gasteiger partial charge in [0, 0.05) is 30.9 Å². The summed E-state index contributed by atoms with van der Waals surface area (Å²) in [6, 6.07) is 20.7. The SMILES string of the molecule is O=C(O)c1cc(C2CCC2)cnc1Cc1ccc2c(ccn2Cc2ccccc2)c1. The van der Waals surface area contributed by atoms with Crippen LogP contribution >= 0.6 is 0 Å². The molecule has 30 heavy (non-hydrogen) atoms. The topological polar surface area (TPSA) is 55.1 Å². The number of hydrogen-bond donors (Lipinski definition) is 1. The van der Waals surface area contributed by atoms with Crippen LogP contribution in [0, 0.1) is 0 Å². The van der Waals surface area contributed by atoms with Crippen molar-refractivity contribution in [2.24, 2.45) is 0 Å². The maximum Gasteiger partial charge on any atom is 0.337 e. The van der Waals surface area contributed by atoms with Crippen molar-refractivity contribution < 1.29 is 9.90 Å². The molecular formula is C26H24N2O2. The van der Waals surface area contributed by atoms with Crippen molar-refractivity contribution in [2.75, 3.05) is 0 Å². The van der Waals surface area contributed by atoms with Crippen LogP contribution in [0.4, 0.5) is 0 Å². The summed E-state index contributed by atoms with van der Waals surface area (Å²) in [7, 11) is 0. The fourth-order valence-corrected chi connectivity index (χ4v) is 4.27. The average molecular weight is 396 g/mol. The van der Waals surface area contributed by atoms with Crippen molar-refractivity contribution in [2.45, 2.75) is 38.1 Å². The van der Waals surface area contributed by atoms with Crippen LogP contribution in [0.1, 0.15) is 57.9 Å². The minimum atomic E-state index is -0.895. The molecule has 1 N–H and O–H groups in total. The molecule has 0 unspecified atom stereocenters. The van der Waals surface area contributed by atoms with Gasteiger partial charge in [-0.05, 0) is 65.1 Å². The summed E-state index contributed by atoms with van der Waals surface area (Å²) < 4.78 is 2.24. The van der Waals surface area contributed by atoms with Crippen molar-refractivity contribution in [3.8, 4) is 0 Å². The van der Waals surface area contributed by atoms with Crippen LogP contribution in [0.5, 0.6) is 0 Å². The third-order valence-corrected chi connectivity index (χ3v) is 6.20. The quantitative estimate of drug-likeness (QED) is 0.459. The van der Waals surface area contributed by atoms with Crippen LogP contribution in [0.25, 0.3) is 10.9 Å². The van der Waals surface area contributed by atoms with E-state index in [0.29, 0.717) is 23.6 Å². The smallest absolute Gasteiger partial charge is 0.337 e. The third kappa shape index (κ3) is 3.61. The van der Waals surface area contributed by atoms with Crippen molar-refractivity contribution in [1.82, 2.24) is 9.55 Å². The first-order chi connectivity index (χ1) is 14.7. The zero-order valence-electron chi connectivity index (χ0n) is 16.8. The average Bonchev–Trinajstić information content (AvgIpc) is 3.10. The van der Waals surface area contributed by atoms with Gasteiger partial charge in [0.05, 0.1) is 11.3 Å². The maximum atomic E-state index is 11.8. The highest BCUT2D eigenvalue weighted by molar-refractivity contribution is 5.89. The number of aromatic carboxylic acids is 1. The number of fused-ring (bicyclic) bond motifs is 1. The van der Waals surface area contributed by atoms with E-state index >= 15 is 0 Å². The van der Waals surface area contributed by atoms with Gasteiger partial charge in [-0.3, -0.25) is 4.98 Å². The van der Waals surface area contributed by atoms with Gasteiger partial charge in [-0.2, -0.15) is 0 Å². The molecule has 2 heterocycles. The molecule has 0 atom stereocenters. The number of rotatable bonds is 6. The highest BCUT2D eigenvalue weighted by atomic mass is 16.4. The Balaban J connectivity index is 1.41. The molecule has 1 fully saturated rings. The van der Waals surface area contributed by atoms with Gasteiger partial charge >= 0.3 is 5.97 Å². The zero-order valence-corrected chi connectivity index (χ0v) is 16.8. The van der Waals surface area contributed by atoms with E-state index in [4.69, 9.17) is 0 Å². The lowest BCUT2D eigenvalue weighted by molar-refractivity contribution is 0.0695. The number of aromatic nitrogens is 2. The predicted molar refractivity (Wildman–Crippen MR) is 118 cm³/mol. The Kier molecular flexibility index (Phi) is 4.83. The first-order valence-electron chi connectivity index (χ1n) is 10.5. The molecule has 2 aromatic carbocycles. The Morgan fingerprint density at radius 2 is 1.87 bits per heavy atom. The monoisotopic (exact) mass is 396 g/mol. The van der Waals surface area contributed by atoms with Gasteiger partial charge in [0.25, 0.3) is 0 Å². The van der Waals surface area contributed by atoms with Gasteiger partial charge < -0.3 is 9.67 Å². The summed E-state index contributed by atoms with van der Waals surface area (Å²) in [6.45, 7) is 0.830. The number of hydrogen-bond acceptors (Lipinski definition) is 2. The van der Waals surface area contributed by atoms with Gasteiger partial charge in [-0.1, -0.05) is 42.8 Å². The molecule has 4 nitrogen and oxygen atoms in total. The number of carbonyl (C=O) groups is 1. The molecule has 2 aromatic heterocycles. The van der Waals surface area contributed by atoms with Gasteiger partial charge in [-0.25, -0.2) is 4.79 Å². The van der Waals surface area contributed by atoms with Crippen LogP contribution < -0.4 is 0 Å².